The summed E-state index contributed by atoms with van der Waals surface area (Å²) in [6, 6.07) is 2.22. The topological polar surface area (TPSA) is 39.4 Å². The summed E-state index contributed by atoms with van der Waals surface area (Å²) >= 11 is 0. The molecule has 1 heterocycles. The van der Waals surface area contributed by atoms with Gasteiger partial charge in [0.2, 0.25) is 0 Å². The third-order valence-corrected chi connectivity index (χ3v) is 8.66. The van der Waals surface area contributed by atoms with Gasteiger partial charge in [0.25, 0.3) is 0 Å². The van der Waals surface area contributed by atoms with Crippen molar-refractivity contribution >= 4 is 6.29 Å². The largest absolute Gasteiger partial charge is 0.469 e. The Labute approximate surface area is 144 Å². The van der Waals surface area contributed by atoms with Crippen LogP contribution < -0.4 is 0 Å². The molecule has 0 N–H and O–H groups in total. The van der Waals surface area contributed by atoms with Crippen LogP contribution in [0.25, 0.3) is 0 Å². The molecule has 2 bridgehead atoms. The number of rotatable bonds is 2. The Kier molecular flexibility index (Phi) is 3.01. The van der Waals surface area contributed by atoms with Gasteiger partial charge in [-0.05, 0) is 85.2 Å². The number of aldehydes is 1. The second-order valence-electron chi connectivity index (χ2n) is 9.24. The van der Waals surface area contributed by atoms with E-state index in [0.717, 1.165) is 31.5 Å². The minimum Gasteiger partial charge on any atom is -0.469 e. The fourth-order valence-corrected chi connectivity index (χ4v) is 7.65. The number of hydrogen-bond acceptors (Lipinski definition) is 3. The van der Waals surface area contributed by atoms with Crippen LogP contribution in [-0.4, -0.2) is 19.0 Å². The van der Waals surface area contributed by atoms with Crippen LogP contribution in [0.2, 0.25) is 0 Å². The Morgan fingerprint density at radius 2 is 2.17 bits per heavy atom. The standard InChI is InChI=1S/C21H28O3/c1-19-8-6-17-15(7-10-24-17)16(19)5-9-20-11-14(3-4-18(19)20)21(12-20,13-22)23-2/h7,10,13-14,16,18H,3-6,8-9,11-12H2,1-2H3/t14-,16-,18+,19-,20+,21+/m1/s1. The summed E-state index contributed by atoms with van der Waals surface area (Å²) in [5.41, 5.74) is 1.65. The number of methoxy groups -OCH3 is 1. The van der Waals surface area contributed by atoms with Crippen molar-refractivity contribution in [3.63, 3.8) is 0 Å². The first-order chi connectivity index (χ1) is 11.6. The predicted molar refractivity (Wildman–Crippen MR) is 90.8 cm³/mol. The third kappa shape index (κ3) is 1.65. The minimum absolute atomic E-state index is 0.326. The van der Waals surface area contributed by atoms with E-state index in [4.69, 9.17) is 9.15 Å². The normalized spacial score (nSPS) is 49.2. The van der Waals surface area contributed by atoms with Gasteiger partial charge in [-0.25, -0.2) is 0 Å². The summed E-state index contributed by atoms with van der Waals surface area (Å²) < 4.78 is 11.6. The second-order valence-corrected chi connectivity index (χ2v) is 9.24. The molecule has 1 spiro atoms. The fourth-order valence-electron chi connectivity index (χ4n) is 7.65. The van der Waals surface area contributed by atoms with Crippen LogP contribution in [0.3, 0.4) is 0 Å². The third-order valence-electron chi connectivity index (χ3n) is 8.66. The first kappa shape index (κ1) is 15.2. The van der Waals surface area contributed by atoms with Crippen molar-refractivity contribution in [3.8, 4) is 0 Å². The van der Waals surface area contributed by atoms with Gasteiger partial charge in [-0.15, -0.1) is 0 Å². The van der Waals surface area contributed by atoms with Gasteiger partial charge in [0.15, 0.2) is 6.29 Å². The van der Waals surface area contributed by atoms with E-state index in [2.05, 4.69) is 13.0 Å². The maximum atomic E-state index is 11.9. The summed E-state index contributed by atoms with van der Waals surface area (Å²) in [4.78, 5) is 11.9. The molecular weight excluding hydrogens is 300 g/mol. The zero-order chi connectivity index (χ0) is 16.6. The Balaban J connectivity index is 1.56. The molecule has 0 aliphatic heterocycles. The number of carbonyl (C=O) groups excluding carboxylic acids is 1. The lowest BCUT2D eigenvalue weighted by molar-refractivity contribution is -0.132. The molecular formula is C21H28O3. The molecule has 3 nitrogen and oxygen atoms in total. The molecule has 4 aliphatic rings. The second kappa shape index (κ2) is 4.75. The molecule has 4 aliphatic carbocycles. The lowest BCUT2D eigenvalue weighted by Gasteiger charge is -2.59. The van der Waals surface area contributed by atoms with Crippen molar-refractivity contribution in [1.29, 1.82) is 0 Å². The van der Waals surface area contributed by atoms with Gasteiger partial charge >= 0.3 is 0 Å². The number of aryl methyl sites for hydroxylation is 1. The van der Waals surface area contributed by atoms with Gasteiger partial charge in [0, 0.05) is 13.5 Å². The Bertz CT molecular complexity index is 678. The van der Waals surface area contributed by atoms with Crippen LogP contribution in [0.5, 0.6) is 0 Å². The van der Waals surface area contributed by atoms with E-state index in [9.17, 15) is 4.79 Å². The van der Waals surface area contributed by atoms with Crippen molar-refractivity contribution in [1.82, 2.24) is 0 Å². The smallest absolute Gasteiger partial charge is 0.152 e. The number of furan rings is 1. The van der Waals surface area contributed by atoms with Crippen molar-refractivity contribution in [3.05, 3.63) is 23.7 Å². The summed E-state index contributed by atoms with van der Waals surface area (Å²) in [6.45, 7) is 2.53. The first-order valence-corrected chi connectivity index (χ1v) is 9.65. The minimum atomic E-state index is -0.507. The summed E-state index contributed by atoms with van der Waals surface area (Å²) in [5, 5.41) is 0. The fraction of sp³-hybridized carbons (Fsp3) is 0.762. The van der Waals surface area contributed by atoms with Gasteiger partial charge in [-0.1, -0.05) is 6.92 Å². The van der Waals surface area contributed by atoms with E-state index in [1.54, 1.807) is 7.11 Å². The molecule has 1 aromatic heterocycles. The highest BCUT2D eigenvalue weighted by atomic mass is 16.5. The number of ether oxygens (including phenoxy) is 1. The van der Waals surface area contributed by atoms with Crippen molar-refractivity contribution < 1.29 is 13.9 Å². The predicted octanol–water partition coefficient (Wildman–Crippen LogP) is 4.50. The maximum absolute atomic E-state index is 11.9. The molecule has 0 amide bonds. The van der Waals surface area contributed by atoms with Gasteiger partial charge in [-0.3, -0.25) is 0 Å². The molecule has 0 unspecified atom stereocenters. The van der Waals surface area contributed by atoms with Gasteiger partial charge in [0.1, 0.15) is 11.4 Å². The maximum Gasteiger partial charge on any atom is 0.152 e. The van der Waals surface area contributed by atoms with Crippen LogP contribution >= 0.6 is 0 Å². The van der Waals surface area contributed by atoms with E-state index in [-0.39, 0.29) is 0 Å². The first-order valence-electron chi connectivity index (χ1n) is 9.65. The lowest BCUT2D eigenvalue weighted by Crippen LogP contribution is -2.51. The van der Waals surface area contributed by atoms with Gasteiger partial charge in [-0.2, -0.15) is 0 Å². The average molecular weight is 328 g/mol. The molecule has 0 radical (unpaired) electrons. The van der Waals surface area contributed by atoms with Gasteiger partial charge < -0.3 is 13.9 Å². The highest BCUT2D eigenvalue weighted by molar-refractivity contribution is 5.65. The Morgan fingerprint density at radius 1 is 1.29 bits per heavy atom. The van der Waals surface area contributed by atoms with Crippen LogP contribution in [-0.2, 0) is 16.0 Å². The summed E-state index contributed by atoms with van der Waals surface area (Å²) in [7, 11) is 1.74. The molecule has 3 fully saturated rings. The number of carbonyl (C=O) groups is 1. The van der Waals surface area contributed by atoms with E-state index in [1.807, 2.05) is 6.26 Å². The van der Waals surface area contributed by atoms with Crippen molar-refractivity contribution in [2.24, 2.45) is 22.7 Å². The van der Waals surface area contributed by atoms with E-state index in [1.165, 1.54) is 43.4 Å². The summed E-state index contributed by atoms with van der Waals surface area (Å²) in [6.07, 6.45) is 12.4. The summed E-state index contributed by atoms with van der Waals surface area (Å²) in [5.74, 6) is 3.03. The van der Waals surface area contributed by atoms with Crippen LogP contribution in [0.15, 0.2) is 16.7 Å². The van der Waals surface area contributed by atoms with E-state index in [0.29, 0.717) is 22.7 Å². The molecule has 1 aromatic rings. The average Bonchev–Trinajstić information content (AvgIpc) is 3.15. The SMILES string of the molecule is CO[C@]1(C=O)C[C@@]23CC[C@@H]4c5ccoc5CC[C@@]4(C)[C@@H]2CC[C@@H]1C3. The molecule has 130 valence electrons. The lowest BCUT2D eigenvalue weighted by atomic mass is 9.45. The monoisotopic (exact) mass is 328 g/mol. The zero-order valence-electron chi connectivity index (χ0n) is 14.8. The number of hydrogen-bond donors (Lipinski definition) is 0. The van der Waals surface area contributed by atoms with E-state index < -0.39 is 5.60 Å². The van der Waals surface area contributed by atoms with Crippen LogP contribution in [0.1, 0.15) is 69.1 Å². The van der Waals surface area contributed by atoms with Gasteiger partial charge in [0.05, 0.1) is 6.26 Å². The molecule has 0 saturated heterocycles. The molecule has 3 saturated carbocycles. The van der Waals surface area contributed by atoms with Crippen LogP contribution in [0.4, 0.5) is 0 Å². The molecule has 24 heavy (non-hydrogen) atoms. The van der Waals surface area contributed by atoms with Crippen molar-refractivity contribution in [2.45, 2.75) is 69.8 Å². The zero-order valence-corrected chi connectivity index (χ0v) is 14.8. The molecule has 6 atom stereocenters. The molecule has 5 rings (SSSR count). The van der Waals surface area contributed by atoms with E-state index >= 15 is 0 Å². The quantitative estimate of drug-likeness (QED) is 0.750. The number of fused-ring (bicyclic) bond motifs is 5. The van der Waals surface area contributed by atoms with Crippen LogP contribution in [0, 0.1) is 22.7 Å². The highest BCUT2D eigenvalue weighted by Gasteiger charge is 2.66. The van der Waals surface area contributed by atoms with Crippen molar-refractivity contribution in [2.75, 3.05) is 7.11 Å². The molecule has 3 heteroatoms. The Morgan fingerprint density at radius 3 is 2.96 bits per heavy atom. The Hall–Kier alpha value is -1.09. The highest BCUT2D eigenvalue weighted by Crippen LogP contribution is 2.72. The molecule has 0 aromatic carbocycles.